The summed E-state index contributed by atoms with van der Waals surface area (Å²) in [5.74, 6) is -0.355. The molecule has 0 aliphatic carbocycles. The second kappa shape index (κ2) is 5.54. The van der Waals surface area contributed by atoms with E-state index in [9.17, 15) is 9.59 Å². The summed E-state index contributed by atoms with van der Waals surface area (Å²) in [6.45, 7) is 5.67. The van der Waals surface area contributed by atoms with Crippen molar-refractivity contribution in [3.63, 3.8) is 0 Å². The normalized spacial score (nSPS) is 9.92. The van der Waals surface area contributed by atoms with E-state index in [4.69, 9.17) is 5.73 Å². The van der Waals surface area contributed by atoms with Crippen molar-refractivity contribution in [3.05, 3.63) is 0 Å². The standard InChI is InChI=1S/C7H15N3O2/c1-3-10(4-2)5-6(11)9-7(8)12/h3-5H2,1-2H3,(H3,8,9,11,12). The fourth-order valence-electron chi connectivity index (χ4n) is 0.827. The van der Waals surface area contributed by atoms with Crippen LogP contribution in [0.25, 0.3) is 0 Å². The van der Waals surface area contributed by atoms with Crippen molar-refractivity contribution in [2.75, 3.05) is 19.6 Å². The van der Waals surface area contributed by atoms with Gasteiger partial charge in [-0.3, -0.25) is 15.0 Å². The van der Waals surface area contributed by atoms with Crippen molar-refractivity contribution in [1.82, 2.24) is 10.2 Å². The molecule has 0 aromatic carbocycles. The van der Waals surface area contributed by atoms with Gasteiger partial charge in [-0.05, 0) is 13.1 Å². The molecule has 0 rings (SSSR count). The lowest BCUT2D eigenvalue weighted by Gasteiger charge is -2.16. The number of nitrogens with two attached hydrogens (primary N) is 1. The van der Waals surface area contributed by atoms with Gasteiger partial charge in [0.15, 0.2) is 0 Å². The number of primary amides is 1. The van der Waals surface area contributed by atoms with Gasteiger partial charge in [0.1, 0.15) is 0 Å². The van der Waals surface area contributed by atoms with E-state index >= 15 is 0 Å². The maximum absolute atomic E-state index is 10.9. The van der Waals surface area contributed by atoms with Crippen LogP contribution in [0.4, 0.5) is 4.79 Å². The predicted octanol–water partition coefficient (Wildman–Crippen LogP) is -0.477. The first kappa shape index (κ1) is 10.9. The highest BCUT2D eigenvalue weighted by Gasteiger charge is 2.07. The summed E-state index contributed by atoms with van der Waals surface area (Å²) >= 11 is 0. The van der Waals surface area contributed by atoms with Crippen LogP contribution in [-0.2, 0) is 4.79 Å². The Morgan fingerprint density at radius 2 is 1.83 bits per heavy atom. The number of hydrogen-bond acceptors (Lipinski definition) is 3. The van der Waals surface area contributed by atoms with Crippen molar-refractivity contribution in [1.29, 1.82) is 0 Å². The molecule has 0 bridgehead atoms. The quantitative estimate of drug-likeness (QED) is 0.603. The molecule has 5 nitrogen and oxygen atoms in total. The third-order valence-corrected chi connectivity index (χ3v) is 1.52. The molecule has 0 aliphatic rings. The summed E-state index contributed by atoms with van der Waals surface area (Å²) in [5.41, 5.74) is 4.76. The SMILES string of the molecule is CCN(CC)CC(=O)NC(N)=O. The largest absolute Gasteiger partial charge is 0.351 e. The molecule has 3 N–H and O–H groups in total. The number of nitrogens with zero attached hydrogens (tertiary/aromatic N) is 1. The van der Waals surface area contributed by atoms with Crippen LogP contribution in [0, 0.1) is 0 Å². The van der Waals surface area contributed by atoms with E-state index in [1.165, 1.54) is 0 Å². The highest BCUT2D eigenvalue weighted by atomic mass is 16.2. The van der Waals surface area contributed by atoms with E-state index < -0.39 is 6.03 Å². The van der Waals surface area contributed by atoms with Crippen LogP contribution in [0.5, 0.6) is 0 Å². The fraction of sp³-hybridized carbons (Fsp3) is 0.714. The molecule has 0 saturated carbocycles. The van der Waals surface area contributed by atoms with E-state index in [1.54, 1.807) is 0 Å². The van der Waals surface area contributed by atoms with Gasteiger partial charge >= 0.3 is 6.03 Å². The molecule has 0 unspecified atom stereocenters. The zero-order chi connectivity index (χ0) is 9.56. The van der Waals surface area contributed by atoms with Crippen molar-refractivity contribution in [3.8, 4) is 0 Å². The van der Waals surface area contributed by atoms with Crippen LogP contribution in [0.1, 0.15) is 13.8 Å². The van der Waals surface area contributed by atoms with Crippen LogP contribution in [0.3, 0.4) is 0 Å². The lowest BCUT2D eigenvalue weighted by molar-refractivity contribution is -0.121. The molecular formula is C7H15N3O2. The number of hydrogen-bond donors (Lipinski definition) is 2. The van der Waals surface area contributed by atoms with Gasteiger partial charge in [-0.15, -0.1) is 0 Å². The Bertz CT molecular complexity index is 166. The van der Waals surface area contributed by atoms with Gasteiger partial charge in [0, 0.05) is 0 Å². The number of imide groups is 1. The van der Waals surface area contributed by atoms with Crippen LogP contribution in [0.2, 0.25) is 0 Å². The van der Waals surface area contributed by atoms with Gasteiger partial charge in [0.05, 0.1) is 6.54 Å². The monoisotopic (exact) mass is 173 g/mol. The van der Waals surface area contributed by atoms with E-state index in [0.717, 1.165) is 13.1 Å². The van der Waals surface area contributed by atoms with Crippen LogP contribution < -0.4 is 11.1 Å². The molecule has 12 heavy (non-hydrogen) atoms. The summed E-state index contributed by atoms with van der Waals surface area (Å²) in [4.78, 5) is 23.1. The number of likely N-dealkylation sites (N-methyl/N-ethyl adjacent to an activating group) is 1. The predicted molar refractivity (Wildman–Crippen MR) is 45.5 cm³/mol. The van der Waals surface area contributed by atoms with Gasteiger partial charge in [0.2, 0.25) is 5.91 Å². The molecular weight excluding hydrogens is 158 g/mol. The maximum Gasteiger partial charge on any atom is 0.318 e. The number of rotatable bonds is 4. The summed E-state index contributed by atoms with van der Waals surface area (Å²) in [7, 11) is 0. The second-order valence-corrected chi connectivity index (χ2v) is 2.37. The molecule has 0 radical (unpaired) electrons. The fourth-order valence-corrected chi connectivity index (χ4v) is 0.827. The van der Waals surface area contributed by atoms with Crippen LogP contribution in [-0.4, -0.2) is 36.5 Å². The van der Waals surface area contributed by atoms with E-state index in [0.29, 0.717) is 0 Å². The number of nitrogens with one attached hydrogen (secondary N) is 1. The summed E-state index contributed by atoms with van der Waals surface area (Å²) in [6.07, 6.45) is 0. The lowest BCUT2D eigenvalue weighted by atomic mass is 10.4. The van der Waals surface area contributed by atoms with E-state index in [1.807, 2.05) is 24.1 Å². The third-order valence-electron chi connectivity index (χ3n) is 1.52. The zero-order valence-corrected chi connectivity index (χ0v) is 7.46. The minimum absolute atomic E-state index is 0.218. The molecule has 0 saturated heterocycles. The smallest absolute Gasteiger partial charge is 0.318 e. The average molecular weight is 173 g/mol. The molecule has 0 aromatic heterocycles. The first-order chi connectivity index (χ1) is 5.60. The molecule has 70 valence electrons. The van der Waals surface area contributed by atoms with Gasteiger partial charge in [-0.1, -0.05) is 13.8 Å². The number of urea groups is 1. The zero-order valence-electron chi connectivity index (χ0n) is 7.46. The van der Waals surface area contributed by atoms with Gasteiger partial charge < -0.3 is 5.73 Å². The molecule has 0 aromatic rings. The number of carbonyl (C=O) groups is 2. The molecule has 0 spiro atoms. The minimum atomic E-state index is -0.799. The first-order valence-electron chi connectivity index (χ1n) is 3.91. The molecule has 0 fully saturated rings. The van der Waals surface area contributed by atoms with Crippen molar-refractivity contribution < 1.29 is 9.59 Å². The molecule has 0 atom stereocenters. The van der Waals surface area contributed by atoms with Crippen molar-refractivity contribution in [2.24, 2.45) is 5.73 Å². The Morgan fingerprint density at radius 3 is 2.17 bits per heavy atom. The Hall–Kier alpha value is -1.10. The summed E-state index contributed by atoms with van der Waals surface area (Å²) < 4.78 is 0. The Kier molecular flexibility index (Phi) is 5.03. The third kappa shape index (κ3) is 4.68. The second-order valence-electron chi connectivity index (χ2n) is 2.37. The topological polar surface area (TPSA) is 75.4 Å². The Balaban J connectivity index is 3.74. The highest BCUT2D eigenvalue weighted by Crippen LogP contribution is 1.84. The lowest BCUT2D eigenvalue weighted by Crippen LogP contribution is -2.42. The Labute approximate surface area is 71.9 Å². The Morgan fingerprint density at radius 1 is 1.33 bits per heavy atom. The average Bonchev–Trinajstić information content (AvgIpc) is 1.98. The highest BCUT2D eigenvalue weighted by molar-refractivity contribution is 5.94. The summed E-state index contributed by atoms with van der Waals surface area (Å²) in [6, 6.07) is -0.799. The van der Waals surface area contributed by atoms with Gasteiger partial charge in [-0.2, -0.15) is 0 Å². The van der Waals surface area contributed by atoms with Gasteiger partial charge in [-0.25, -0.2) is 4.79 Å². The van der Waals surface area contributed by atoms with Crippen LogP contribution >= 0.6 is 0 Å². The number of carbonyl (C=O) groups excluding carboxylic acids is 2. The number of amides is 3. The molecule has 3 amide bonds. The maximum atomic E-state index is 10.9. The van der Waals surface area contributed by atoms with Crippen molar-refractivity contribution in [2.45, 2.75) is 13.8 Å². The van der Waals surface area contributed by atoms with E-state index in [2.05, 4.69) is 0 Å². The van der Waals surface area contributed by atoms with Crippen LogP contribution in [0.15, 0.2) is 0 Å². The minimum Gasteiger partial charge on any atom is -0.351 e. The van der Waals surface area contributed by atoms with Gasteiger partial charge in [0.25, 0.3) is 0 Å². The van der Waals surface area contributed by atoms with E-state index in [-0.39, 0.29) is 12.5 Å². The van der Waals surface area contributed by atoms with Crippen molar-refractivity contribution >= 4 is 11.9 Å². The molecule has 5 heteroatoms. The molecule has 0 aliphatic heterocycles. The first-order valence-corrected chi connectivity index (χ1v) is 3.91. The summed E-state index contributed by atoms with van der Waals surface area (Å²) in [5, 5.41) is 2.00. The molecule has 0 heterocycles.